The zero-order valence-corrected chi connectivity index (χ0v) is 11.3. The molecule has 0 bridgehead atoms. The number of aliphatic imine (C=N–C) groups is 1. The highest BCUT2D eigenvalue weighted by atomic mass is 16.5. The van der Waals surface area contributed by atoms with Crippen molar-refractivity contribution in [2.45, 2.75) is 51.7 Å². The summed E-state index contributed by atoms with van der Waals surface area (Å²) in [4.78, 5) is 4.43. The topological polar surface area (TPSA) is 45.6 Å². The lowest BCUT2D eigenvalue weighted by Gasteiger charge is -2.37. The normalized spacial score (nSPS) is 37.5. The van der Waals surface area contributed by atoms with Gasteiger partial charge in [-0.1, -0.05) is 6.92 Å². The van der Waals surface area contributed by atoms with Gasteiger partial charge in [-0.25, -0.2) is 0 Å². The Balaban J connectivity index is 1.75. The van der Waals surface area contributed by atoms with Crippen LogP contribution < -0.4 is 10.6 Å². The quantitative estimate of drug-likeness (QED) is 0.785. The molecule has 1 fully saturated rings. The van der Waals surface area contributed by atoms with Crippen LogP contribution in [0.15, 0.2) is 4.99 Å². The van der Waals surface area contributed by atoms with Gasteiger partial charge in [0.1, 0.15) is 0 Å². The number of guanidine groups is 1. The highest BCUT2D eigenvalue weighted by Gasteiger charge is 2.31. The average molecular weight is 239 g/mol. The third kappa shape index (κ3) is 3.35. The van der Waals surface area contributed by atoms with Gasteiger partial charge >= 0.3 is 0 Å². The second-order valence-electron chi connectivity index (χ2n) is 5.83. The zero-order chi connectivity index (χ0) is 12.3. The fourth-order valence-electron chi connectivity index (χ4n) is 2.66. The van der Waals surface area contributed by atoms with Crippen molar-refractivity contribution < 1.29 is 4.74 Å². The number of ether oxygens (including phenoxy) is 1. The summed E-state index contributed by atoms with van der Waals surface area (Å²) in [5.41, 5.74) is 0.394. The molecule has 1 saturated carbocycles. The first kappa shape index (κ1) is 12.7. The van der Waals surface area contributed by atoms with E-state index in [1.807, 2.05) is 7.11 Å². The summed E-state index contributed by atoms with van der Waals surface area (Å²) in [6.07, 6.45) is 5.32. The first-order valence-corrected chi connectivity index (χ1v) is 6.69. The number of hydrogen-bond donors (Lipinski definition) is 2. The smallest absolute Gasteiger partial charge is 0.191 e. The van der Waals surface area contributed by atoms with E-state index in [1.165, 1.54) is 25.7 Å². The Morgan fingerprint density at radius 2 is 2.18 bits per heavy atom. The van der Waals surface area contributed by atoms with Gasteiger partial charge in [-0.3, -0.25) is 4.99 Å². The minimum absolute atomic E-state index is 0.394. The van der Waals surface area contributed by atoms with Crippen LogP contribution >= 0.6 is 0 Å². The van der Waals surface area contributed by atoms with Gasteiger partial charge in [0.05, 0.1) is 12.6 Å². The Kier molecular flexibility index (Phi) is 3.92. The van der Waals surface area contributed by atoms with Crippen LogP contribution in [0.2, 0.25) is 0 Å². The molecule has 2 rings (SSSR count). The number of methoxy groups -OCH3 is 1. The molecule has 17 heavy (non-hydrogen) atoms. The van der Waals surface area contributed by atoms with Crippen LogP contribution in [0.25, 0.3) is 0 Å². The molecule has 0 spiro atoms. The Morgan fingerprint density at radius 3 is 2.71 bits per heavy atom. The van der Waals surface area contributed by atoms with Gasteiger partial charge in [0.2, 0.25) is 0 Å². The van der Waals surface area contributed by atoms with E-state index in [4.69, 9.17) is 4.74 Å². The number of nitrogens with one attached hydrogen (secondary N) is 2. The third-order valence-electron chi connectivity index (χ3n) is 4.06. The molecular formula is C13H25N3O. The summed E-state index contributed by atoms with van der Waals surface area (Å²) in [7, 11) is 1.82. The highest BCUT2D eigenvalue weighted by Crippen LogP contribution is 2.36. The Morgan fingerprint density at radius 1 is 1.47 bits per heavy atom. The predicted octanol–water partition coefficient (Wildman–Crippen LogP) is 1.52. The van der Waals surface area contributed by atoms with E-state index in [2.05, 4.69) is 29.5 Å². The van der Waals surface area contributed by atoms with Crippen LogP contribution in [0, 0.1) is 5.41 Å². The molecule has 0 saturated heterocycles. The fraction of sp³-hybridized carbons (Fsp3) is 0.923. The highest BCUT2D eigenvalue weighted by molar-refractivity contribution is 5.81. The molecule has 4 nitrogen and oxygen atoms in total. The molecule has 2 N–H and O–H groups in total. The Hall–Kier alpha value is -0.770. The van der Waals surface area contributed by atoms with Crippen LogP contribution in [0.4, 0.5) is 0 Å². The van der Waals surface area contributed by atoms with E-state index in [0.29, 0.717) is 17.6 Å². The standard InChI is InChI=1S/C13H25N3O/c1-10-8-14-12(16-10)15-9-13(2)6-4-11(17-3)5-7-13/h10-11H,4-9H2,1-3H3,(H2,14,15,16). The lowest BCUT2D eigenvalue weighted by atomic mass is 9.74. The van der Waals surface area contributed by atoms with Crippen LogP contribution in [0.1, 0.15) is 39.5 Å². The van der Waals surface area contributed by atoms with Gasteiger partial charge in [-0.15, -0.1) is 0 Å². The Labute approximate surface area is 104 Å². The molecule has 4 heteroatoms. The van der Waals surface area contributed by atoms with Gasteiger partial charge in [0, 0.05) is 19.7 Å². The largest absolute Gasteiger partial charge is 0.381 e. The van der Waals surface area contributed by atoms with E-state index >= 15 is 0 Å². The third-order valence-corrected chi connectivity index (χ3v) is 4.06. The molecule has 0 aromatic heterocycles. The van der Waals surface area contributed by atoms with E-state index in [-0.39, 0.29) is 0 Å². The zero-order valence-electron chi connectivity index (χ0n) is 11.3. The molecule has 1 unspecified atom stereocenters. The van der Waals surface area contributed by atoms with Gasteiger partial charge in [-0.05, 0) is 38.0 Å². The summed E-state index contributed by atoms with van der Waals surface area (Å²) < 4.78 is 5.42. The number of rotatable bonds is 3. The summed E-state index contributed by atoms with van der Waals surface area (Å²) in [5, 5.41) is 6.80. The maximum atomic E-state index is 5.42. The van der Waals surface area contributed by atoms with Crippen molar-refractivity contribution in [3.05, 3.63) is 0 Å². The lowest BCUT2D eigenvalue weighted by molar-refractivity contribution is 0.0338. The molecule has 0 aromatic carbocycles. The maximum Gasteiger partial charge on any atom is 0.191 e. The van der Waals surface area contributed by atoms with E-state index in [1.54, 1.807) is 0 Å². The minimum atomic E-state index is 0.394. The SMILES string of the molecule is COC1CCC(C)(CNC2=NCC(C)N2)CC1. The van der Waals surface area contributed by atoms with Crippen molar-refractivity contribution in [1.29, 1.82) is 0 Å². The van der Waals surface area contributed by atoms with E-state index < -0.39 is 0 Å². The minimum Gasteiger partial charge on any atom is -0.381 e. The second-order valence-corrected chi connectivity index (χ2v) is 5.83. The van der Waals surface area contributed by atoms with Crippen LogP contribution in [0.3, 0.4) is 0 Å². The molecule has 0 amide bonds. The Bertz CT molecular complexity index is 282. The number of nitrogens with zero attached hydrogens (tertiary/aromatic N) is 1. The lowest BCUT2D eigenvalue weighted by Crippen LogP contribution is -2.44. The van der Waals surface area contributed by atoms with Crippen molar-refractivity contribution in [2.24, 2.45) is 10.4 Å². The van der Waals surface area contributed by atoms with Gasteiger partial charge in [-0.2, -0.15) is 0 Å². The first-order valence-electron chi connectivity index (χ1n) is 6.69. The molecule has 0 aromatic rings. The fourth-order valence-corrected chi connectivity index (χ4v) is 2.66. The van der Waals surface area contributed by atoms with Gasteiger partial charge in [0.25, 0.3) is 0 Å². The van der Waals surface area contributed by atoms with Crippen LogP contribution in [-0.4, -0.2) is 38.3 Å². The molecular weight excluding hydrogens is 214 g/mol. The van der Waals surface area contributed by atoms with Crippen molar-refractivity contribution >= 4 is 5.96 Å². The molecule has 1 aliphatic heterocycles. The molecule has 1 heterocycles. The van der Waals surface area contributed by atoms with Crippen molar-refractivity contribution in [3.8, 4) is 0 Å². The summed E-state index contributed by atoms with van der Waals surface area (Å²) in [6.45, 7) is 6.43. The van der Waals surface area contributed by atoms with Crippen LogP contribution in [0.5, 0.6) is 0 Å². The summed E-state index contributed by atoms with van der Waals surface area (Å²) in [5.74, 6) is 0.979. The van der Waals surface area contributed by atoms with Crippen molar-refractivity contribution in [3.63, 3.8) is 0 Å². The van der Waals surface area contributed by atoms with Gasteiger partial charge in [0.15, 0.2) is 5.96 Å². The molecule has 1 atom stereocenters. The van der Waals surface area contributed by atoms with Crippen molar-refractivity contribution in [1.82, 2.24) is 10.6 Å². The van der Waals surface area contributed by atoms with Gasteiger partial charge < -0.3 is 15.4 Å². The molecule has 0 radical (unpaired) electrons. The first-order chi connectivity index (χ1) is 8.11. The summed E-state index contributed by atoms with van der Waals surface area (Å²) >= 11 is 0. The average Bonchev–Trinajstić information content (AvgIpc) is 2.74. The molecule has 1 aliphatic carbocycles. The van der Waals surface area contributed by atoms with E-state index in [9.17, 15) is 0 Å². The van der Waals surface area contributed by atoms with Crippen LogP contribution in [-0.2, 0) is 4.74 Å². The molecule has 2 aliphatic rings. The molecule has 98 valence electrons. The van der Waals surface area contributed by atoms with Crippen molar-refractivity contribution in [2.75, 3.05) is 20.2 Å². The predicted molar refractivity (Wildman–Crippen MR) is 70.3 cm³/mol. The van der Waals surface area contributed by atoms with E-state index in [0.717, 1.165) is 19.0 Å². The summed E-state index contributed by atoms with van der Waals surface area (Å²) in [6, 6.07) is 0.481. The maximum absolute atomic E-state index is 5.42. The number of hydrogen-bond acceptors (Lipinski definition) is 4. The monoisotopic (exact) mass is 239 g/mol. The second kappa shape index (κ2) is 5.25.